The Morgan fingerprint density at radius 1 is 1.14 bits per heavy atom. The number of carbonyl (C=O) groups is 2. The van der Waals surface area contributed by atoms with Gasteiger partial charge in [0.2, 0.25) is 5.91 Å². The van der Waals surface area contributed by atoms with Gasteiger partial charge in [-0.25, -0.2) is 9.50 Å². The van der Waals surface area contributed by atoms with Gasteiger partial charge < -0.3 is 9.80 Å². The van der Waals surface area contributed by atoms with E-state index < -0.39 is 0 Å². The van der Waals surface area contributed by atoms with Crippen molar-refractivity contribution in [3.8, 4) is 0 Å². The smallest absolute Gasteiger partial charge is 0.259 e. The number of thiophene rings is 1. The Bertz CT molecular complexity index is 1050. The predicted molar refractivity (Wildman–Crippen MR) is 108 cm³/mol. The zero-order valence-electron chi connectivity index (χ0n) is 15.8. The lowest BCUT2D eigenvalue weighted by Gasteiger charge is -2.34. The molecule has 1 aliphatic rings. The predicted octanol–water partition coefficient (Wildman–Crippen LogP) is 2.41. The molecule has 28 heavy (non-hydrogen) atoms. The molecule has 7 nitrogen and oxygen atoms in total. The van der Waals surface area contributed by atoms with Gasteiger partial charge in [0.1, 0.15) is 5.56 Å². The molecule has 4 heterocycles. The van der Waals surface area contributed by atoms with Crippen molar-refractivity contribution in [2.24, 2.45) is 0 Å². The summed E-state index contributed by atoms with van der Waals surface area (Å²) >= 11 is 1.59. The fourth-order valence-corrected chi connectivity index (χ4v) is 3.98. The van der Waals surface area contributed by atoms with E-state index in [1.54, 1.807) is 37.9 Å². The summed E-state index contributed by atoms with van der Waals surface area (Å²) in [7, 11) is 0. The largest absolute Gasteiger partial charge is 0.336 e. The van der Waals surface area contributed by atoms with E-state index in [0.29, 0.717) is 37.4 Å². The number of hydrogen-bond donors (Lipinski definition) is 0. The van der Waals surface area contributed by atoms with Gasteiger partial charge in [-0.3, -0.25) is 9.59 Å². The van der Waals surface area contributed by atoms with Crippen molar-refractivity contribution in [3.63, 3.8) is 0 Å². The number of aryl methyl sites for hydroxylation is 2. The molecule has 2 amide bonds. The Morgan fingerprint density at radius 3 is 2.61 bits per heavy atom. The number of nitrogens with zero attached hydrogens (tertiary/aromatic N) is 5. The SMILES string of the molecule is Cc1cc(C)n2ncc(C(=O)N3CCN(C(=O)/C=C/c4cccs4)CC3)c2n1. The summed E-state index contributed by atoms with van der Waals surface area (Å²) in [6.07, 6.45) is 5.02. The highest BCUT2D eigenvalue weighted by Crippen LogP contribution is 2.16. The summed E-state index contributed by atoms with van der Waals surface area (Å²) in [5.41, 5.74) is 2.88. The van der Waals surface area contributed by atoms with E-state index in [9.17, 15) is 9.59 Å². The first-order valence-electron chi connectivity index (χ1n) is 9.14. The molecule has 0 N–H and O–H groups in total. The molecule has 0 bridgehead atoms. The Balaban J connectivity index is 1.42. The van der Waals surface area contributed by atoms with E-state index in [4.69, 9.17) is 0 Å². The Morgan fingerprint density at radius 2 is 1.89 bits per heavy atom. The highest BCUT2D eigenvalue weighted by Gasteiger charge is 2.26. The molecule has 0 radical (unpaired) electrons. The maximum atomic E-state index is 13.0. The number of hydrogen-bond acceptors (Lipinski definition) is 5. The van der Waals surface area contributed by atoms with E-state index in [-0.39, 0.29) is 11.8 Å². The third-order valence-corrected chi connectivity index (χ3v) is 5.66. The van der Waals surface area contributed by atoms with E-state index in [0.717, 1.165) is 16.3 Å². The lowest BCUT2D eigenvalue weighted by molar-refractivity contribution is -0.127. The standard InChI is InChI=1S/C20H21N5O2S/c1-14-12-15(2)25-19(22-14)17(13-21-25)20(27)24-9-7-23(8-10-24)18(26)6-5-16-4-3-11-28-16/h3-6,11-13H,7-10H2,1-2H3/b6-5+. The molecule has 0 spiro atoms. The van der Waals surface area contributed by atoms with Crippen LogP contribution in [0.25, 0.3) is 11.7 Å². The molecule has 1 fully saturated rings. The molecular formula is C20H21N5O2S. The number of carbonyl (C=O) groups excluding carboxylic acids is 2. The first kappa shape index (κ1) is 18.4. The molecule has 8 heteroatoms. The van der Waals surface area contributed by atoms with Crippen molar-refractivity contribution in [1.82, 2.24) is 24.4 Å². The molecule has 0 atom stereocenters. The maximum Gasteiger partial charge on any atom is 0.259 e. The highest BCUT2D eigenvalue weighted by atomic mass is 32.1. The Hall–Kier alpha value is -3.00. The van der Waals surface area contributed by atoms with Crippen molar-refractivity contribution in [1.29, 1.82) is 0 Å². The number of piperazine rings is 1. The van der Waals surface area contributed by atoms with Gasteiger partial charge in [0.05, 0.1) is 6.20 Å². The minimum atomic E-state index is -0.0891. The van der Waals surface area contributed by atoms with Crippen molar-refractivity contribution in [2.45, 2.75) is 13.8 Å². The van der Waals surface area contributed by atoms with Crippen LogP contribution in [0.5, 0.6) is 0 Å². The van der Waals surface area contributed by atoms with Crippen molar-refractivity contribution in [3.05, 3.63) is 57.7 Å². The molecule has 1 aliphatic heterocycles. The van der Waals surface area contributed by atoms with E-state index in [1.165, 1.54) is 0 Å². The summed E-state index contributed by atoms with van der Waals surface area (Å²) < 4.78 is 1.69. The van der Waals surface area contributed by atoms with Crippen LogP contribution in [0.3, 0.4) is 0 Å². The van der Waals surface area contributed by atoms with Gasteiger partial charge in [-0.1, -0.05) is 6.07 Å². The molecule has 0 unspecified atom stereocenters. The summed E-state index contributed by atoms with van der Waals surface area (Å²) in [5, 5.41) is 6.28. The van der Waals surface area contributed by atoms with Gasteiger partial charge in [-0.2, -0.15) is 5.10 Å². The lowest BCUT2D eigenvalue weighted by Crippen LogP contribution is -2.50. The quantitative estimate of drug-likeness (QED) is 0.639. The monoisotopic (exact) mass is 395 g/mol. The van der Waals surface area contributed by atoms with Gasteiger partial charge in [0, 0.05) is 48.5 Å². The zero-order chi connectivity index (χ0) is 19.7. The zero-order valence-corrected chi connectivity index (χ0v) is 16.6. The second kappa shape index (κ2) is 7.55. The maximum absolute atomic E-state index is 13.0. The first-order valence-corrected chi connectivity index (χ1v) is 10.0. The van der Waals surface area contributed by atoms with Crippen LogP contribution >= 0.6 is 11.3 Å². The van der Waals surface area contributed by atoms with E-state index in [1.807, 2.05) is 43.5 Å². The number of amides is 2. The van der Waals surface area contributed by atoms with Crippen molar-refractivity contribution < 1.29 is 9.59 Å². The average Bonchev–Trinajstić information content (AvgIpc) is 3.35. The molecule has 0 aliphatic carbocycles. The summed E-state index contributed by atoms with van der Waals surface area (Å²) in [5.74, 6) is -0.113. The topological polar surface area (TPSA) is 70.8 Å². The molecule has 4 rings (SSSR count). The summed E-state index contributed by atoms with van der Waals surface area (Å²) in [6.45, 7) is 5.88. The molecule has 3 aromatic heterocycles. The van der Waals surface area contributed by atoms with Crippen LogP contribution in [0, 0.1) is 13.8 Å². The second-order valence-electron chi connectivity index (χ2n) is 6.80. The summed E-state index contributed by atoms with van der Waals surface area (Å²) in [6, 6.07) is 5.86. The third-order valence-electron chi connectivity index (χ3n) is 4.82. The third kappa shape index (κ3) is 3.55. The number of rotatable bonds is 3. The Kier molecular flexibility index (Phi) is 4.95. The van der Waals surface area contributed by atoms with Crippen LogP contribution in [0.2, 0.25) is 0 Å². The van der Waals surface area contributed by atoms with Crippen LogP contribution < -0.4 is 0 Å². The lowest BCUT2D eigenvalue weighted by atomic mass is 10.2. The first-order chi connectivity index (χ1) is 13.5. The van der Waals surface area contributed by atoms with Crippen LogP contribution in [-0.2, 0) is 4.79 Å². The molecule has 144 valence electrons. The fraction of sp³-hybridized carbons (Fsp3) is 0.300. The van der Waals surface area contributed by atoms with Gasteiger partial charge >= 0.3 is 0 Å². The van der Waals surface area contributed by atoms with E-state index in [2.05, 4.69) is 10.1 Å². The van der Waals surface area contributed by atoms with Gasteiger partial charge in [-0.05, 0) is 37.4 Å². The van der Waals surface area contributed by atoms with Crippen LogP contribution in [0.4, 0.5) is 0 Å². The van der Waals surface area contributed by atoms with Crippen LogP contribution in [0.1, 0.15) is 26.6 Å². The highest BCUT2D eigenvalue weighted by molar-refractivity contribution is 7.10. The second-order valence-corrected chi connectivity index (χ2v) is 7.78. The van der Waals surface area contributed by atoms with Gasteiger partial charge in [0.15, 0.2) is 5.65 Å². The van der Waals surface area contributed by atoms with E-state index >= 15 is 0 Å². The number of aromatic nitrogens is 3. The van der Waals surface area contributed by atoms with Crippen LogP contribution in [-0.4, -0.2) is 62.4 Å². The minimum Gasteiger partial charge on any atom is -0.336 e. The molecule has 0 aromatic carbocycles. The molecule has 1 saturated heterocycles. The Labute approximate surface area is 166 Å². The number of fused-ring (bicyclic) bond motifs is 1. The van der Waals surface area contributed by atoms with Gasteiger partial charge in [0.25, 0.3) is 5.91 Å². The fourth-order valence-electron chi connectivity index (χ4n) is 3.37. The average molecular weight is 395 g/mol. The normalized spacial score (nSPS) is 14.9. The van der Waals surface area contributed by atoms with Crippen molar-refractivity contribution in [2.75, 3.05) is 26.2 Å². The summed E-state index contributed by atoms with van der Waals surface area (Å²) in [4.78, 5) is 34.4. The van der Waals surface area contributed by atoms with Crippen LogP contribution in [0.15, 0.2) is 35.9 Å². The molecule has 3 aromatic rings. The minimum absolute atomic E-state index is 0.0237. The van der Waals surface area contributed by atoms with Gasteiger partial charge in [-0.15, -0.1) is 11.3 Å². The van der Waals surface area contributed by atoms with Crippen molar-refractivity contribution >= 4 is 34.9 Å². The molecule has 0 saturated carbocycles. The molecular weight excluding hydrogens is 374 g/mol.